The zero-order valence-corrected chi connectivity index (χ0v) is 20.5. The average Bonchev–Trinajstić information content (AvgIpc) is 2.82. The number of hydrogen-bond donors (Lipinski definition) is 2. The van der Waals surface area contributed by atoms with E-state index in [4.69, 9.17) is 10.5 Å². The second-order valence-electron chi connectivity index (χ2n) is 8.56. The van der Waals surface area contributed by atoms with Gasteiger partial charge in [0.15, 0.2) is 5.69 Å². The van der Waals surface area contributed by atoms with Crippen LogP contribution in [0.4, 0.5) is 11.5 Å². The molecule has 1 amide bonds. The summed E-state index contributed by atoms with van der Waals surface area (Å²) in [6.45, 7) is 3.47. The molecule has 1 heterocycles. The summed E-state index contributed by atoms with van der Waals surface area (Å²) in [4.78, 5) is 44.5. The van der Waals surface area contributed by atoms with Gasteiger partial charge in [-0.25, -0.2) is 4.79 Å². The summed E-state index contributed by atoms with van der Waals surface area (Å²) >= 11 is 0. The monoisotopic (exact) mass is 479 g/mol. The molecule has 3 N–H and O–H groups in total. The number of hydrogen-bond acceptors (Lipinski definition) is 6. The quantitative estimate of drug-likeness (QED) is 0.407. The summed E-state index contributed by atoms with van der Waals surface area (Å²) in [5.74, 6) is -0.339. The first kappa shape index (κ1) is 25.9. The van der Waals surface area contributed by atoms with Crippen LogP contribution in [0.2, 0.25) is 0 Å². The van der Waals surface area contributed by atoms with Gasteiger partial charge in [-0.05, 0) is 37.1 Å². The van der Waals surface area contributed by atoms with Crippen molar-refractivity contribution < 1.29 is 9.53 Å². The standard InChI is InChI=1S/C26H33N5O4/c1-19-10-7-8-13-21(19)17-29(2)18-22(32)30(14-9-15-35-3)23-24(27)31(26(34)28-25(23)33)16-20-11-5-4-6-12-20/h4-8,10-13H,9,14-18,27H2,1-3H3,(H,28,33,34). The number of carbonyl (C=O) groups excluding carboxylic acids is 1. The van der Waals surface area contributed by atoms with Crippen molar-refractivity contribution in [2.45, 2.75) is 26.4 Å². The number of nitrogens with one attached hydrogen (secondary N) is 1. The molecule has 3 aromatic rings. The molecule has 0 radical (unpaired) electrons. The number of aromatic nitrogens is 2. The van der Waals surface area contributed by atoms with Crippen LogP contribution in [-0.2, 0) is 22.6 Å². The van der Waals surface area contributed by atoms with Gasteiger partial charge in [0.05, 0.1) is 13.1 Å². The molecule has 1 aromatic heterocycles. The van der Waals surface area contributed by atoms with Crippen LogP contribution in [0.5, 0.6) is 0 Å². The number of H-pyrrole nitrogens is 1. The first-order chi connectivity index (χ1) is 16.8. The van der Waals surface area contributed by atoms with Crippen molar-refractivity contribution in [2.24, 2.45) is 0 Å². The molecule has 35 heavy (non-hydrogen) atoms. The van der Waals surface area contributed by atoms with Crippen LogP contribution in [0, 0.1) is 6.92 Å². The molecule has 186 valence electrons. The summed E-state index contributed by atoms with van der Waals surface area (Å²) in [5, 5.41) is 0. The van der Waals surface area contributed by atoms with Crippen LogP contribution >= 0.6 is 0 Å². The molecule has 0 bridgehead atoms. The maximum absolute atomic E-state index is 13.4. The molecule has 2 aromatic carbocycles. The van der Waals surface area contributed by atoms with E-state index in [2.05, 4.69) is 4.98 Å². The Morgan fingerprint density at radius 2 is 1.77 bits per heavy atom. The SMILES string of the molecule is COCCCN(C(=O)CN(C)Cc1ccccc1C)c1c(N)n(Cc2ccccc2)c(=O)[nH]c1=O. The Labute approximate surface area is 204 Å². The lowest BCUT2D eigenvalue weighted by Gasteiger charge is -2.27. The van der Waals surface area contributed by atoms with Gasteiger partial charge in [-0.1, -0.05) is 54.6 Å². The van der Waals surface area contributed by atoms with Gasteiger partial charge in [-0.15, -0.1) is 0 Å². The van der Waals surface area contributed by atoms with Gasteiger partial charge < -0.3 is 15.4 Å². The van der Waals surface area contributed by atoms with Crippen molar-refractivity contribution in [3.05, 3.63) is 92.1 Å². The molecule has 0 unspecified atom stereocenters. The van der Waals surface area contributed by atoms with E-state index in [9.17, 15) is 14.4 Å². The van der Waals surface area contributed by atoms with Crippen molar-refractivity contribution in [1.29, 1.82) is 0 Å². The van der Waals surface area contributed by atoms with Crippen LogP contribution in [0.3, 0.4) is 0 Å². The van der Waals surface area contributed by atoms with E-state index in [1.54, 1.807) is 7.11 Å². The molecule has 9 nitrogen and oxygen atoms in total. The zero-order valence-electron chi connectivity index (χ0n) is 20.5. The second-order valence-corrected chi connectivity index (χ2v) is 8.56. The van der Waals surface area contributed by atoms with Crippen LogP contribution < -0.4 is 21.9 Å². The minimum Gasteiger partial charge on any atom is -0.385 e. The lowest BCUT2D eigenvalue weighted by Crippen LogP contribution is -2.45. The van der Waals surface area contributed by atoms with E-state index in [0.29, 0.717) is 19.6 Å². The summed E-state index contributed by atoms with van der Waals surface area (Å²) in [6.07, 6.45) is 0.500. The smallest absolute Gasteiger partial charge is 0.330 e. The zero-order chi connectivity index (χ0) is 25.4. The first-order valence-electron chi connectivity index (χ1n) is 11.5. The number of nitrogen functional groups attached to an aromatic ring is 1. The number of amides is 1. The molecule has 3 rings (SSSR count). The van der Waals surface area contributed by atoms with Crippen LogP contribution in [0.15, 0.2) is 64.2 Å². The Balaban J connectivity index is 1.91. The molecule has 0 atom stereocenters. The maximum Gasteiger partial charge on any atom is 0.330 e. The Morgan fingerprint density at radius 1 is 1.09 bits per heavy atom. The molecule has 0 aliphatic rings. The number of nitrogens with zero attached hydrogens (tertiary/aromatic N) is 3. The van der Waals surface area contributed by atoms with E-state index in [1.807, 2.05) is 73.5 Å². The fourth-order valence-electron chi connectivity index (χ4n) is 3.94. The lowest BCUT2D eigenvalue weighted by molar-refractivity contribution is -0.119. The van der Waals surface area contributed by atoms with Gasteiger partial charge in [0.1, 0.15) is 5.82 Å². The van der Waals surface area contributed by atoms with E-state index < -0.39 is 11.2 Å². The number of anilines is 2. The molecule has 9 heteroatoms. The Hall–Kier alpha value is -3.69. The Morgan fingerprint density at radius 3 is 2.46 bits per heavy atom. The largest absolute Gasteiger partial charge is 0.385 e. The van der Waals surface area contributed by atoms with Gasteiger partial charge in [0, 0.05) is 26.8 Å². The van der Waals surface area contributed by atoms with E-state index >= 15 is 0 Å². The van der Waals surface area contributed by atoms with Gasteiger partial charge in [-0.3, -0.25) is 24.0 Å². The number of methoxy groups -OCH3 is 1. The second kappa shape index (κ2) is 12.1. The number of rotatable bonds is 11. The molecule has 0 aliphatic heterocycles. The van der Waals surface area contributed by atoms with E-state index in [-0.39, 0.29) is 37.0 Å². The maximum atomic E-state index is 13.4. The van der Waals surface area contributed by atoms with E-state index in [0.717, 1.165) is 16.7 Å². The van der Waals surface area contributed by atoms with Gasteiger partial charge in [0.25, 0.3) is 5.56 Å². The van der Waals surface area contributed by atoms with Crippen molar-refractivity contribution >= 4 is 17.4 Å². The Kier molecular flexibility index (Phi) is 8.99. The normalized spacial score (nSPS) is 11.1. The Bertz CT molecular complexity index is 1250. The third kappa shape index (κ3) is 6.68. The minimum absolute atomic E-state index is 0.0223. The highest BCUT2D eigenvalue weighted by molar-refractivity contribution is 5.96. The first-order valence-corrected chi connectivity index (χ1v) is 11.5. The predicted octanol–water partition coefficient (Wildman–Crippen LogP) is 1.98. The molecule has 0 aliphatic carbocycles. The molecule has 0 saturated carbocycles. The fraction of sp³-hybridized carbons (Fsp3) is 0.346. The fourth-order valence-corrected chi connectivity index (χ4v) is 3.94. The van der Waals surface area contributed by atoms with E-state index in [1.165, 1.54) is 9.47 Å². The number of benzene rings is 2. The number of likely N-dealkylation sites (N-methyl/N-ethyl adjacent to an activating group) is 1. The molecule has 0 fully saturated rings. The predicted molar refractivity (Wildman–Crippen MR) is 138 cm³/mol. The van der Waals surface area contributed by atoms with Crippen LogP contribution in [0.1, 0.15) is 23.1 Å². The third-order valence-corrected chi connectivity index (χ3v) is 5.81. The molecule has 0 saturated heterocycles. The highest BCUT2D eigenvalue weighted by Crippen LogP contribution is 2.19. The summed E-state index contributed by atoms with van der Waals surface area (Å²) in [7, 11) is 3.42. The average molecular weight is 480 g/mol. The summed E-state index contributed by atoms with van der Waals surface area (Å²) in [5.41, 5.74) is 8.11. The van der Waals surface area contributed by atoms with Gasteiger partial charge in [-0.2, -0.15) is 0 Å². The van der Waals surface area contributed by atoms with Crippen LogP contribution in [0.25, 0.3) is 0 Å². The highest BCUT2D eigenvalue weighted by Gasteiger charge is 2.25. The van der Waals surface area contributed by atoms with Gasteiger partial charge in [0.2, 0.25) is 5.91 Å². The molecular weight excluding hydrogens is 446 g/mol. The molecule has 0 spiro atoms. The van der Waals surface area contributed by atoms with Crippen molar-refractivity contribution in [3.8, 4) is 0 Å². The minimum atomic E-state index is -0.691. The highest BCUT2D eigenvalue weighted by atomic mass is 16.5. The van der Waals surface area contributed by atoms with Crippen LogP contribution in [-0.4, -0.2) is 54.2 Å². The molecular formula is C26H33N5O4. The topological polar surface area (TPSA) is 114 Å². The van der Waals surface area contributed by atoms with Gasteiger partial charge >= 0.3 is 5.69 Å². The summed E-state index contributed by atoms with van der Waals surface area (Å²) < 4.78 is 6.42. The summed E-state index contributed by atoms with van der Waals surface area (Å²) in [6, 6.07) is 17.3. The lowest BCUT2D eigenvalue weighted by atomic mass is 10.1. The van der Waals surface area contributed by atoms with Crippen molar-refractivity contribution in [1.82, 2.24) is 14.5 Å². The number of ether oxygens (including phenoxy) is 1. The third-order valence-electron chi connectivity index (χ3n) is 5.81. The van der Waals surface area contributed by atoms with Crippen molar-refractivity contribution in [3.63, 3.8) is 0 Å². The number of nitrogens with two attached hydrogens (primary N) is 1. The number of aromatic amines is 1. The van der Waals surface area contributed by atoms with Crippen molar-refractivity contribution in [2.75, 3.05) is 44.5 Å². The number of aryl methyl sites for hydroxylation is 1. The number of carbonyl (C=O) groups is 1.